The summed E-state index contributed by atoms with van der Waals surface area (Å²) in [7, 11) is 0. The van der Waals surface area contributed by atoms with E-state index in [-0.39, 0.29) is 6.04 Å². The van der Waals surface area contributed by atoms with Gasteiger partial charge < -0.3 is 10.5 Å². The quantitative estimate of drug-likeness (QED) is 0.829. The van der Waals surface area contributed by atoms with E-state index in [1.54, 1.807) is 0 Å². The highest BCUT2D eigenvalue weighted by Gasteiger charge is 2.12. The molecule has 0 heterocycles. The zero-order valence-electron chi connectivity index (χ0n) is 12.2. The van der Waals surface area contributed by atoms with Gasteiger partial charge in [0.25, 0.3) is 0 Å². The summed E-state index contributed by atoms with van der Waals surface area (Å²) in [4.78, 5) is 0. The SMILES string of the molecule is Cc1cccc(OCCC(N)CCC(C)(C)C)c1. The maximum absolute atomic E-state index is 6.09. The fraction of sp³-hybridized carbons (Fsp3) is 0.625. The van der Waals surface area contributed by atoms with Gasteiger partial charge in [-0.05, 0) is 49.3 Å². The standard InChI is InChI=1S/C16H27NO/c1-13-6-5-7-15(12-13)18-11-9-14(17)8-10-16(2,3)4/h5-7,12,14H,8-11,17H2,1-4H3. The third-order valence-electron chi connectivity index (χ3n) is 3.01. The Morgan fingerprint density at radius 3 is 2.56 bits per heavy atom. The lowest BCUT2D eigenvalue weighted by Crippen LogP contribution is -2.24. The summed E-state index contributed by atoms with van der Waals surface area (Å²) >= 11 is 0. The molecule has 2 N–H and O–H groups in total. The molecule has 2 heteroatoms. The van der Waals surface area contributed by atoms with Crippen LogP contribution in [0.5, 0.6) is 5.75 Å². The number of rotatable bonds is 6. The maximum Gasteiger partial charge on any atom is 0.119 e. The van der Waals surface area contributed by atoms with Gasteiger partial charge in [0.2, 0.25) is 0 Å². The number of aryl methyl sites for hydroxylation is 1. The average molecular weight is 249 g/mol. The van der Waals surface area contributed by atoms with E-state index in [0.29, 0.717) is 12.0 Å². The van der Waals surface area contributed by atoms with Gasteiger partial charge in [-0.2, -0.15) is 0 Å². The molecule has 0 saturated carbocycles. The van der Waals surface area contributed by atoms with Crippen molar-refractivity contribution in [1.29, 1.82) is 0 Å². The Balaban J connectivity index is 2.21. The second-order valence-electron chi connectivity index (χ2n) is 6.31. The van der Waals surface area contributed by atoms with Crippen molar-refractivity contribution in [3.8, 4) is 5.75 Å². The van der Waals surface area contributed by atoms with Crippen molar-refractivity contribution in [3.05, 3.63) is 29.8 Å². The van der Waals surface area contributed by atoms with E-state index >= 15 is 0 Å². The zero-order valence-corrected chi connectivity index (χ0v) is 12.2. The molecular formula is C16H27NO. The summed E-state index contributed by atoms with van der Waals surface area (Å²) < 4.78 is 5.71. The summed E-state index contributed by atoms with van der Waals surface area (Å²) in [5.41, 5.74) is 7.69. The topological polar surface area (TPSA) is 35.2 Å². The monoisotopic (exact) mass is 249 g/mol. The molecule has 1 aromatic carbocycles. The molecule has 0 amide bonds. The molecule has 0 spiro atoms. The number of ether oxygens (including phenoxy) is 1. The van der Waals surface area contributed by atoms with E-state index in [2.05, 4.69) is 39.8 Å². The minimum atomic E-state index is 0.244. The smallest absolute Gasteiger partial charge is 0.119 e. The first-order valence-corrected chi connectivity index (χ1v) is 6.82. The molecule has 0 aromatic heterocycles. The molecular weight excluding hydrogens is 222 g/mol. The molecule has 0 aliphatic rings. The third-order valence-corrected chi connectivity index (χ3v) is 3.01. The van der Waals surface area contributed by atoms with Gasteiger partial charge in [-0.1, -0.05) is 32.9 Å². The van der Waals surface area contributed by atoms with E-state index in [9.17, 15) is 0 Å². The molecule has 1 unspecified atom stereocenters. The normalized spacial score (nSPS) is 13.4. The first-order chi connectivity index (χ1) is 8.37. The molecule has 0 bridgehead atoms. The lowest BCUT2D eigenvalue weighted by atomic mass is 9.88. The van der Waals surface area contributed by atoms with Crippen molar-refractivity contribution in [2.24, 2.45) is 11.1 Å². The van der Waals surface area contributed by atoms with Crippen LogP contribution in [0.25, 0.3) is 0 Å². The molecule has 0 saturated heterocycles. The maximum atomic E-state index is 6.09. The number of nitrogens with two attached hydrogens (primary N) is 1. The van der Waals surface area contributed by atoms with Gasteiger partial charge in [-0.15, -0.1) is 0 Å². The van der Waals surface area contributed by atoms with Crippen LogP contribution < -0.4 is 10.5 Å². The summed E-state index contributed by atoms with van der Waals surface area (Å²) in [5, 5.41) is 0. The van der Waals surface area contributed by atoms with Crippen LogP contribution in [0.3, 0.4) is 0 Å². The van der Waals surface area contributed by atoms with Crippen LogP contribution in [0.15, 0.2) is 24.3 Å². The van der Waals surface area contributed by atoms with Crippen LogP contribution in [-0.4, -0.2) is 12.6 Å². The highest BCUT2D eigenvalue weighted by atomic mass is 16.5. The van der Waals surface area contributed by atoms with E-state index < -0.39 is 0 Å². The van der Waals surface area contributed by atoms with Crippen molar-refractivity contribution >= 4 is 0 Å². The Kier molecular flexibility index (Phi) is 5.67. The van der Waals surface area contributed by atoms with E-state index in [1.807, 2.05) is 12.1 Å². The van der Waals surface area contributed by atoms with Gasteiger partial charge in [0.15, 0.2) is 0 Å². The van der Waals surface area contributed by atoms with E-state index in [1.165, 1.54) is 12.0 Å². The van der Waals surface area contributed by atoms with Crippen LogP contribution in [0.2, 0.25) is 0 Å². The van der Waals surface area contributed by atoms with E-state index in [4.69, 9.17) is 10.5 Å². The van der Waals surface area contributed by atoms with Crippen molar-refractivity contribution in [3.63, 3.8) is 0 Å². The second kappa shape index (κ2) is 6.79. The first-order valence-electron chi connectivity index (χ1n) is 6.82. The Morgan fingerprint density at radius 1 is 1.22 bits per heavy atom. The molecule has 2 nitrogen and oxygen atoms in total. The Morgan fingerprint density at radius 2 is 1.94 bits per heavy atom. The summed E-state index contributed by atoms with van der Waals surface area (Å²) in [5.74, 6) is 0.943. The van der Waals surface area contributed by atoms with Crippen LogP contribution in [0.1, 0.15) is 45.6 Å². The minimum absolute atomic E-state index is 0.244. The fourth-order valence-electron chi connectivity index (χ4n) is 1.80. The highest BCUT2D eigenvalue weighted by molar-refractivity contribution is 5.27. The predicted octanol–water partition coefficient (Wildman–Crippen LogP) is 3.92. The van der Waals surface area contributed by atoms with Gasteiger partial charge in [0, 0.05) is 6.04 Å². The van der Waals surface area contributed by atoms with Crippen LogP contribution in [-0.2, 0) is 0 Å². The molecule has 1 atom stereocenters. The molecule has 1 aromatic rings. The minimum Gasteiger partial charge on any atom is -0.494 e. The number of hydrogen-bond donors (Lipinski definition) is 1. The number of benzene rings is 1. The Labute approximate surface area is 112 Å². The second-order valence-corrected chi connectivity index (χ2v) is 6.31. The zero-order chi connectivity index (χ0) is 13.6. The van der Waals surface area contributed by atoms with Crippen molar-refractivity contribution in [2.45, 2.75) is 53.0 Å². The van der Waals surface area contributed by atoms with E-state index in [0.717, 1.165) is 18.6 Å². The molecule has 0 aliphatic heterocycles. The average Bonchev–Trinajstić information content (AvgIpc) is 2.25. The Bertz CT molecular complexity index is 354. The molecule has 0 fully saturated rings. The molecule has 102 valence electrons. The lowest BCUT2D eigenvalue weighted by molar-refractivity contribution is 0.280. The molecule has 18 heavy (non-hydrogen) atoms. The van der Waals surface area contributed by atoms with Crippen molar-refractivity contribution < 1.29 is 4.74 Å². The summed E-state index contributed by atoms with van der Waals surface area (Å²) in [6.07, 6.45) is 3.16. The van der Waals surface area contributed by atoms with Crippen molar-refractivity contribution in [2.75, 3.05) is 6.61 Å². The van der Waals surface area contributed by atoms with Gasteiger partial charge in [0.05, 0.1) is 6.61 Å². The number of hydrogen-bond acceptors (Lipinski definition) is 2. The van der Waals surface area contributed by atoms with Crippen LogP contribution in [0.4, 0.5) is 0 Å². The molecule has 1 rings (SSSR count). The largest absolute Gasteiger partial charge is 0.494 e. The molecule has 0 aliphatic carbocycles. The summed E-state index contributed by atoms with van der Waals surface area (Å²) in [6.45, 7) is 9.53. The van der Waals surface area contributed by atoms with Crippen LogP contribution >= 0.6 is 0 Å². The highest BCUT2D eigenvalue weighted by Crippen LogP contribution is 2.22. The van der Waals surface area contributed by atoms with Crippen LogP contribution in [0, 0.1) is 12.3 Å². The lowest BCUT2D eigenvalue weighted by Gasteiger charge is -2.20. The Hall–Kier alpha value is -1.02. The van der Waals surface area contributed by atoms with Gasteiger partial charge in [-0.3, -0.25) is 0 Å². The third kappa shape index (κ3) is 6.65. The molecule has 0 radical (unpaired) electrons. The van der Waals surface area contributed by atoms with Gasteiger partial charge in [0.1, 0.15) is 5.75 Å². The first kappa shape index (κ1) is 15.0. The predicted molar refractivity (Wildman–Crippen MR) is 78.0 cm³/mol. The van der Waals surface area contributed by atoms with Gasteiger partial charge in [-0.25, -0.2) is 0 Å². The van der Waals surface area contributed by atoms with Crippen molar-refractivity contribution in [1.82, 2.24) is 0 Å². The van der Waals surface area contributed by atoms with Gasteiger partial charge >= 0.3 is 0 Å². The summed E-state index contributed by atoms with van der Waals surface area (Å²) in [6, 6.07) is 8.38. The fourth-order valence-corrected chi connectivity index (χ4v) is 1.80.